The van der Waals surface area contributed by atoms with Gasteiger partial charge in [-0.15, -0.1) is 0 Å². The molecule has 0 spiro atoms. The standard InChI is InChI=1S/C26H31N5O2S/c32-25-20-5-3-19(4-6-20)23-9-11-28-26(30-23)29-22-7-8-24(31-12-15-34-16-13-31)21(17-22)18-33-14-2-1-10-27-25/h3-9,11,17,25,27,32H,1-2,10,12-16,18H2,(H,28,29,30). The highest BCUT2D eigenvalue weighted by Gasteiger charge is 2.16. The van der Waals surface area contributed by atoms with Crippen LogP contribution in [0.25, 0.3) is 11.3 Å². The molecule has 0 saturated carbocycles. The summed E-state index contributed by atoms with van der Waals surface area (Å²) in [5.74, 6) is 2.86. The van der Waals surface area contributed by atoms with Gasteiger partial charge in [0.15, 0.2) is 0 Å². The van der Waals surface area contributed by atoms with Gasteiger partial charge in [0.25, 0.3) is 0 Å². The molecule has 0 radical (unpaired) electrons. The van der Waals surface area contributed by atoms with Crippen molar-refractivity contribution in [3.63, 3.8) is 0 Å². The fraction of sp³-hybridized carbons (Fsp3) is 0.385. The Labute approximate surface area is 205 Å². The van der Waals surface area contributed by atoms with Gasteiger partial charge >= 0.3 is 0 Å². The second kappa shape index (κ2) is 11.2. The molecule has 1 fully saturated rings. The zero-order valence-corrected chi connectivity index (χ0v) is 20.1. The lowest BCUT2D eigenvalue weighted by molar-refractivity contribution is 0.112. The van der Waals surface area contributed by atoms with Crippen molar-refractivity contribution >= 4 is 29.1 Å². The van der Waals surface area contributed by atoms with Gasteiger partial charge in [-0.2, -0.15) is 11.8 Å². The van der Waals surface area contributed by atoms with E-state index in [-0.39, 0.29) is 0 Å². The first-order valence-electron chi connectivity index (χ1n) is 11.9. The number of hydrogen-bond donors (Lipinski definition) is 3. The van der Waals surface area contributed by atoms with Crippen molar-refractivity contribution in [1.29, 1.82) is 0 Å². The van der Waals surface area contributed by atoms with Crippen molar-refractivity contribution in [2.24, 2.45) is 0 Å². The van der Waals surface area contributed by atoms with Crippen molar-refractivity contribution in [2.75, 3.05) is 48.0 Å². The molecule has 4 heterocycles. The molecule has 6 rings (SSSR count). The van der Waals surface area contributed by atoms with Gasteiger partial charge < -0.3 is 20.1 Å². The first-order valence-corrected chi connectivity index (χ1v) is 13.1. The van der Waals surface area contributed by atoms with Crippen molar-refractivity contribution in [2.45, 2.75) is 25.7 Å². The molecule has 6 bridgehead atoms. The van der Waals surface area contributed by atoms with Crippen molar-refractivity contribution < 1.29 is 9.84 Å². The Morgan fingerprint density at radius 1 is 1.03 bits per heavy atom. The summed E-state index contributed by atoms with van der Waals surface area (Å²) in [6.45, 7) is 4.10. The predicted octanol–water partition coefficient (Wildman–Crippen LogP) is 4.33. The molecule has 1 aromatic heterocycles. The topological polar surface area (TPSA) is 82.5 Å². The Morgan fingerprint density at radius 3 is 2.74 bits per heavy atom. The highest BCUT2D eigenvalue weighted by Crippen LogP contribution is 2.29. The smallest absolute Gasteiger partial charge is 0.227 e. The van der Waals surface area contributed by atoms with Gasteiger partial charge in [0.05, 0.1) is 12.3 Å². The monoisotopic (exact) mass is 477 g/mol. The third-order valence-electron chi connectivity index (χ3n) is 6.18. The van der Waals surface area contributed by atoms with E-state index >= 15 is 0 Å². The van der Waals surface area contributed by atoms with Crippen LogP contribution in [0.5, 0.6) is 0 Å². The van der Waals surface area contributed by atoms with Crippen LogP contribution in [-0.4, -0.2) is 52.8 Å². The molecule has 178 valence electrons. The third kappa shape index (κ3) is 5.70. The van der Waals surface area contributed by atoms with E-state index in [2.05, 4.69) is 38.7 Å². The lowest BCUT2D eigenvalue weighted by atomic mass is 10.1. The summed E-state index contributed by atoms with van der Waals surface area (Å²) in [6.07, 6.45) is 2.95. The fourth-order valence-corrected chi connectivity index (χ4v) is 5.21. The van der Waals surface area contributed by atoms with E-state index < -0.39 is 6.23 Å². The second-order valence-corrected chi connectivity index (χ2v) is 9.80. The number of benzene rings is 2. The molecule has 3 aliphatic rings. The number of hydrogen-bond acceptors (Lipinski definition) is 8. The predicted molar refractivity (Wildman–Crippen MR) is 139 cm³/mol. The summed E-state index contributed by atoms with van der Waals surface area (Å²) >= 11 is 2.01. The van der Waals surface area contributed by atoms with Crippen LogP contribution in [0, 0.1) is 0 Å². The summed E-state index contributed by atoms with van der Waals surface area (Å²) in [5.41, 5.74) is 6.02. The SMILES string of the molecule is OC1NCCCCOCc2cc(ccc2N2CCSCC2)Nc2nccc(n2)-c2ccc1cc2. The first-order chi connectivity index (χ1) is 16.8. The van der Waals surface area contributed by atoms with E-state index in [0.29, 0.717) is 19.2 Å². The van der Waals surface area contributed by atoms with Gasteiger partial charge in [-0.3, -0.25) is 5.32 Å². The Balaban J connectivity index is 1.44. The molecule has 3 aromatic rings. The maximum absolute atomic E-state index is 10.5. The van der Waals surface area contributed by atoms with Gasteiger partial charge in [0.1, 0.15) is 6.23 Å². The number of anilines is 3. The average Bonchev–Trinajstić information content (AvgIpc) is 2.88. The minimum Gasteiger partial charge on any atom is -0.377 e. The van der Waals surface area contributed by atoms with E-state index in [1.807, 2.05) is 42.1 Å². The number of aromatic nitrogens is 2. The summed E-state index contributed by atoms with van der Waals surface area (Å²) in [5, 5.41) is 17.0. The molecule has 1 saturated heterocycles. The maximum Gasteiger partial charge on any atom is 0.227 e. The molecule has 0 amide bonds. The van der Waals surface area contributed by atoms with Gasteiger partial charge in [-0.05, 0) is 49.2 Å². The van der Waals surface area contributed by atoms with Crippen LogP contribution in [0.4, 0.5) is 17.3 Å². The maximum atomic E-state index is 10.5. The van der Waals surface area contributed by atoms with E-state index in [1.165, 1.54) is 11.3 Å². The number of thioether (sulfide) groups is 1. The number of nitrogens with one attached hydrogen (secondary N) is 2. The molecule has 0 aliphatic carbocycles. The average molecular weight is 478 g/mol. The van der Waals surface area contributed by atoms with Crippen LogP contribution in [0.15, 0.2) is 54.7 Å². The highest BCUT2D eigenvalue weighted by molar-refractivity contribution is 7.99. The van der Waals surface area contributed by atoms with E-state index in [9.17, 15) is 5.11 Å². The van der Waals surface area contributed by atoms with E-state index in [0.717, 1.165) is 66.5 Å². The van der Waals surface area contributed by atoms with Gasteiger partial charge in [0.2, 0.25) is 5.95 Å². The fourth-order valence-electron chi connectivity index (χ4n) is 4.30. The minimum absolute atomic E-state index is 0.551. The molecular weight excluding hydrogens is 446 g/mol. The first kappa shape index (κ1) is 23.1. The van der Waals surface area contributed by atoms with Crippen LogP contribution in [0.2, 0.25) is 0 Å². The molecule has 34 heavy (non-hydrogen) atoms. The zero-order chi connectivity index (χ0) is 23.2. The zero-order valence-electron chi connectivity index (χ0n) is 19.2. The largest absolute Gasteiger partial charge is 0.377 e. The summed E-state index contributed by atoms with van der Waals surface area (Å²) < 4.78 is 6.08. The number of nitrogens with zero attached hydrogens (tertiary/aromatic N) is 3. The molecule has 2 aromatic carbocycles. The number of aliphatic hydroxyl groups is 1. The van der Waals surface area contributed by atoms with Crippen LogP contribution >= 0.6 is 11.8 Å². The van der Waals surface area contributed by atoms with Crippen molar-refractivity contribution in [3.8, 4) is 11.3 Å². The summed E-state index contributed by atoms with van der Waals surface area (Å²) in [4.78, 5) is 11.6. The van der Waals surface area contributed by atoms with Crippen LogP contribution < -0.4 is 15.5 Å². The Bertz CT molecular complexity index is 1090. The molecule has 8 heteroatoms. The van der Waals surface area contributed by atoms with Gasteiger partial charge in [-0.1, -0.05) is 24.3 Å². The molecular formula is C26H31N5O2S. The number of fused-ring (bicyclic) bond motifs is 9. The number of ether oxygens (including phenoxy) is 1. The van der Waals surface area contributed by atoms with Crippen molar-refractivity contribution in [3.05, 3.63) is 65.9 Å². The summed E-state index contributed by atoms with van der Waals surface area (Å²) in [6, 6.07) is 16.2. The van der Waals surface area contributed by atoms with Gasteiger partial charge in [-0.25, -0.2) is 9.97 Å². The van der Waals surface area contributed by atoms with Crippen LogP contribution in [0.3, 0.4) is 0 Å². The highest BCUT2D eigenvalue weighted by atomic mass is 32.2. The Morgan fingerprint density at radius 2 is 1.88 bits per heavy atom. The molecule has 1 atom stereocenters. The van der Waals surface area contributed by atoms with Crippen LogP contribution in [0.1, 0.15) is 30.2 Å². The lowest BCUT2D eigenvalue weighted by Crippen LogP contribution is -2.33. The molecule has 3 N–H and O–H groups in total. The lowest BCUT2D eigenvalue weighted by Gasteiger charge is -2.30. The van der Waals surface area contributed by atoms with Crippen molar-refractivity contribution in [1.82, 2.24) is 15.3 Å². The van der Waals surface area contributed by atoms with Gasteiger partial charge in [0, 0.05) is 59.9 Å². The van der Waals surface area contributed by atoms with E-state index in [4.69, 9.17) is 9.72 Å². The normalized spacial score (nSPS) is 19.6. The molecule has 3 aliphatic heterocycles. The minimum atomic E-state index is -0.688. The Hall–Kier alpha value is -2.65. The second-order valence-electron chi connectivity index (χ2n) is 8.57. The third-order valence-corrected chi connectivity index (χ3v) is 7.12. The quantitative estimate of drug-likeness (QED) is 0.478. The van der Waals surface area contributed by atoms with E-state index in [1.54, 1.807) is 6.20 Å². The Kier molecular flexibility index (Phi) is 7.60. The number of rotatable bonds is 1. The molecule has 1 unspecified atom stereocenters. The summed E-state index contributed by atoms with van der Waals surface area (Å²) in [7, 11) is 0. The molecule has 7 nitrogen and oxygen atoms in total. The number of aliphatic hydroxyl groups excluding tert-OH is 1. The van der Waals surface area contributed by atoms with Crippen LogP contribution in [-0.2, 0) is 11.3 Å².